The molecule has 3 unspecified atom stereocenters. The number of carbonyl (C=O) groups is 4. The third-order valence-corrected chi connectivity index (χ3v) is 8.66. The van der Waals surface area contributed by atoms with Crippen molar-refractivity contribution in [3.05, 3.63) is 88.0 Å². The molecular formula is C33H33NO8S. The molecule has 0 aliphatic carbocycles. The second-order valence-electron chi connectivity index (χ2n) is 11.1. The summed E-state index contributed by atoms with van der Waals surface area (Å²) in [6.07, 6.45) is 0.0301. The molecule has 0 spiro atoms. The Morgan fingerprint density at radius 2 is 1.70 bits per heavy atom. The van der Waals surface area contributed by atoms with Gasteiger partial charge in [0, 0.05) is 24.5 Å². The number of thioether (sulfide) groups is 1. The van der Waals surface area contributed by atoms with Gasteiger partial charge in [-0.05, 0) is 75.1 Å². The van der Waals surface area contributed by atoms with Gasteiger partial charge in [0.1, 0.15) is 35.6 Å². The highest BCUT2D eigenvalue weighted by Crippen LogP contribution is 2.49. The van der Waals surface area contributed by atoms with Crippen molar-refractivity contribution in [2.75, 3.05) is 6.61 Å². The summed E-state index contributed by atoms with van der Waals surface area (Å²) in [7, 11) is 0. The molecule has 3 atom stereocenters. The number of ether oxygens (including phenoxy) is 4. The molecule has 0 aromatic heterocycles. The molecule has 10 heteroatoms. The van der Waals surface area contributed by atoms with E-state index in [0.717, 1.165) is 28.5 Å². The van der Waals surface area contributed by atoms with Gasteiger partial charge in [0.05, 0.1) is 10.8 Å². The molecule has 1 saturated heterocycles. The molecule has 2 heterocycles. The molecule has 3 aromatic rings. The van der Waals surface area contributed by atoms with E-state index in [2.05, 4.69) is 5.32 Å². The summed E-state index contributed by atoms with van der Waals surface area (Å²) in [5.41, 5.74) is 3.33. The topological polar surface area (TPSA) is 117 Å². The number of rotatable bonds is 8. The van der Waals surface area contributed by atoms with Crippen molar-refractivity contribution in [3.63, 3.8) is 0 Å². The smallest absolute Gasteiger partial charge is 0.338 e. The number of hydrogen-bond donors (Lipinski definition) is 1. The van der Waals surface area contributed by atoms with Crippen LogP contribution in [-0.4, -0.2) is 40.5 Å². The Labute approximate surface area is 254 Å². The summed E-state index contributed by atoms with van der Waals surface area (Å²) in [5.74, 6) is 0.424. The van der Waals surface area contributed by atoms with Gasteiger partial charge in [-0.15, -0.1) is 0 Å². The fraction of sp³-hybridized carbons (Fsp3) is 0.333. The van der Waals surface area contributed by atoms with Gasteiger partial charge in [-0.3, -0.25) is 19.7 Å². The first-order valence-corrected chi connectivity index (χ1v) is 14.8. The fourth-order valence-electron chi connectivity index (χ4n) is 5.37. The molecule has 2 amide bonds. The average Bonchev–Trinajstić information content (AvgIpc) is 3.29. The normalized spacial score (nSPS) is 21.0. The van der Waals surface area contributed by atoms with Crippen molar-refractivity contribution in [2.24, 2.45) is 0 Å². The van der Waals surface area contributed by atoms with Crippen molar-refractivity contribution in [3.8, 4) is 17.2 Å². The van der Waals surface area contributed by atoms with Crippen LogP contribution < -0.4 is 19.5 Å². The van der Waals surface area contributed by atoms with Crippen molar-refractivity contribution < 1.29 is 38.1 Å². The third kappa shape index (κ3) is 6.54. The van der Waals surface area contributed by atoms with Crippen molar-refractivity contribution in [1.82, 2.24) is 5.32 Å². The van der Waals surface area contributed by atoms with Gasteiger partial charge in [0.2, 0.25) is 5.91 Å². The average molecular weight is 604 g/mol. The number of imide groups is 1. The molecule has 1 N–H and O–H groups in total. The summed E-state index contributed by atoms with van der Waals surface area (Å²) >= 11 is 0.997. The number of amides is 2. The van der Waals surface area contributed by atoms with E-state index in [1.54, 1.807) is 24.3 Å². The molecule has 43 heavy (non-hydrogen) atoms. The zero-order valence-electron chi connectivity index (χ0n) is 24.6. The van der Waals surface area contributed by atoms with Crippen LogP contribution in [0.2, 0.25) is 0 Å². The monoisotopic (exact) mass is 603 g/mol. The zero-order valence-corrected chi connectivity index (χ0v) is 25.5. The maximum atomic E-state index is 13.2. The van der Waals surface area contributed by atoms with E-state index in [-0.39, 0.29) is 17.8 Å². The molecule has 2 aliphatic rings. The molecule has 5 rings (SSSR count). The molecule has 2 aliphatic heterocycles. The van der Waals surface area contributed by atoms with Crippen LogP contribution in [0.15, 0.2) is 54.6 Å². The van der Waals surface area contributed by atoms with Gasteiger partial charge in [0.15, 0.2) is 0 Å². The van der Waals surface area contributed by atoms with Gasteiger partial charge >= 0.3 is 11.9 Å². The van der Waals surface area contributed by atoms with E-state index in [9.17, 15) is 19.2 Å². The van der Waals surface area contributed by atoms with Crippen LogP contribution in [0.5, 0.6) is 17.2 Å². The maximum absolute atomic E-state index is 13.2. The lowest BCUT2D eigenvalue weighted by atomic mass is 9.85. The summed E-state index contributed by atoms with van der Waals surface area (Å²) in [5, 5.41) is 1.54. The molecule has 0 bridgehead atoms. The van der Waals surface area contributed by atoms with Crippen LogP contribution in [0.4, 0.5) is 4.79 Å². The molecule has 0 radical (unpaired) electrons. The summed E-state index contributed by atoms with van der Waals surface area (Å²) in [6.45, 7) is 9.00. The predicted octanol–water partition coefficient (Wildman–Crippen LogP) is 5.95. The number of hydrogen-bond acceptors (Lipinski definition) is 9. The number of benzene rings is 3. The van der Waals surface area contributed by atoms with Crippen molar-refractivity contribution >= 4 is 34.8 Å². The van der Waals surface area contributed by atoms with Gasteiger partial charge in [0.25, 0.3) is 5.24 Å². The Morgan fingerprint density at radius 3 is 2.33 bits per heavy atom. The van der Waals surface area contributed by atoms with E-state index in [4.69, 9.17) is 18.9 Å². The highest BCUT2D eigenvalue weighted by Gasteiger charge is 2.43. The predicted molar refractivity (Wildman–Crippen MR) is 161 cm³/mol. The summed E-state index contributed by atoms with van der Waals surface area (Å²) in [4.78, 5) is 48.5. The van der Waals surface area contributed by atoms with Gasteiger partial charge in [-0.2, -0.15) is 0 Å². The third-order valence-electron chi connectivity index (χ3n) is 7.68. The molecule has 224 valence electrons. The minimum atomic E-state index is -0.876. The Bertz CT molecular complexity index is 1590. The van der Waals surface area contributed by atoms with E-state index in [0.29, 0.717) is 46.8 Å². The quantitative estimate of drug-likeness (QED) is 0.246. The maximum Gasteiger partial charge on any atom is 0.338 e. The van der Waals surface area contributed by atoms with E-state index in [1.807, 2.05) is 58.0 Å². The Hall–Kier alpha value is -4.31. The lowest BCUT2D eigenvalue weighted by Crippen LogP contribution is -2.45. The number of esters is 2. The van der Waals surface area contributed by atoms with Gasteiger partial charge in [-0.25, -0.2) is 4.79 Å². The molecule has 1 fully saturated rings. The van der Waals surface area contributed by atoms with Gasteiger partial charge < -0.3 is 18.9 Å². The van der Waals surface area contributed by atoms with Crippen LogP contribution >= 0.6 is 11.8 Å². The molecule has 3 aromatic carbocycles. The minimum absolute atomic E-state index is 0.157. The van der Waals surface area contributed by atoms with E-state index >= 15 is 0 Å². The van der Waals surface area contributed by atoms with Crippen LogP contribution in [0.25, 0.3) is 0 Å². The molecular weight excluding hydrogens is 570 g/mol. The number of fused-ring (bicyclic) bond motifs is 1. The first kappa shape index (κ1) is 30.2. The largest absolute Gasteiger partial charge is 0.489 e. The highest BCUT2D eigenvalue weighted by atomic mass is 32.2. The second-order valence-corrected chi connectivity index (χ2v) is 12.3. The van der Waals surface area contributed by atoms with Crippen LogP contribution in [-0.2, 0) is 20.7 Å². The zero-order chi connectivity index (χ0) is 30.9. The lowest BCUT2D eigenvalue weighted by Gasteiger charge is -2.41. The number of nitrogens with one attached hydrogen (secondary N) is 1. The number of carbonyl (C=O) groups excluding carboxylic acids is 4. The van der Waals surface area contributed by atoms with Crippen LogP contribution in [0, 0.1) is 20.8 Å². The highest BCUT2D eigenvalue weighted by molar-refractivity contribution is 8.15. The van der Waals surface area contributed by atoms with E-state index in [1.165, 1.54) is 6.92 Å². The fourth-order valence-corrected chi connectivity index (χ4v) is 6.23. The first-order chi connectivity index (χ1) is 20.4. The molecule has 9 nitrogen and oxygen atoms in total. The SMILES string of the molecule is CC(=O)Oc1c(C)c(C)c2c(c1C)C(OC(=O)c1ccccc1)CC(C)(COc1ccc(CC3SC(=O)NC3=O)cc1)O2. The minimum Gasteiger partial charge on any atom is -0.489 e. The Balaban J connectivity index is 1.39. The summed E-state index contributed by atoms with van der Waals surface area (Å²) < 4.78 is 24.5. The van der Waals surface area contributed by atoms with Crippen LogP contribution in [0.3, 0.4) is 0 Å². The van der Waals surface area contributed by atoms with Crippen molar-refractivity contribution in [2.45, 2.75) is 64.4 Å². The summed E-state index contributed by atoms with van der Waals surface area (Å²) in [6, 6.07) is 16.1. The Kier molecular flexibility index (Phi) is 8.50. The second kappa shape index (κ2) is 12.1. The molecule has 0 saturated carbocycles. The van der Waals surface area contributed by atoms with E-state index < -0.39 is 28.9 Å². The Morgan fingerprint density at radius 1 is 1.00 bits per heavy atom. The van der Waals surface area contributed by atoms with Gasteiger partial charge in [-0.1, -0.05) is 42.1 Å². The van der Waals surface area contributed by atoms with Crippen molar-refractivity contribution in [1.29, 1.82) is 0 Å². The van der Waals surface area contributed by atoms with Crippen LogP contribution in [0.1, 0.15) is 64.5 Å². The first-order valence-electron chi connectivity index (χ1n) is 13.9. The standard InChI is InChI=1S/C33H33NO8S/c1-18-19(2)29-27(20(3)28(18)40-21(4)35)25(41-31(37)23-9-7-6-8-10-23)16-33(5,42-29)17-39-24-13-11-22(12-14-24)15-26-30(36)34-32(38)43-26/h6-14,25-26H,15-17H2,1-5H3,(H,34,36,38). The lowest BCUT2D eigenvalue weighted by molar-refractivity contribution is -0.132.